The minimum Gasteiger partial charge on any atom is -0.484 e. The van der Waals surface area contributed by atoms with E-state index in [1.807, 2.05) is 0 Å². The molecule has 0 aliphatic carbocycles. The summed E-state index contributed by atoms with van der Waals surface area (Å²) in [5.41, 5.74) is 2.11. The highest BCUT2D eigenvalue weighted by Gasteiger charge is 2.08. The molecule has 32 heavy (non-hydrogen) atoms. The molecule has 0 heterocycles. The zero-order valence-electron chi connectivity index (χ0n) is 16.4. The monoisotopic (exact) mass is 467 g/mol. The number of nitrogens with zero attached hydrogens (tertiary/aromatic N) is 2. The van der Waals surface area contributed by atoms with Crippen LogP contribution >= 0.6 is 23.2 Å². The smallest absolute Gasteiger partial charge is 0.269 e. The second-order valence-corrected chi connectivity index (χ2v) is 7.32. The maximum Gasteiger partial charge on any atom is 0.269 e. The van der Waals surface area contributed by atoms with Crippen LogP contribution in [0.1, 0.15) is 11.1 Å². The van der Waals surface area contributed by atoms with Crippen molar-refractivity contribution in [2.75, 3.05) is 11.9 Å². The van der Waals surface area contributed by atoms with Crippen molar-refractivity contribution in [3.8, 4) is 11.8 Å². The molecular weight excluding hydrogens is 453 g/mol. The van der Waals surface area contributed by atoms with Crippen molar-refractivity contribution in [2.45, 2.75) is 0 Å². The first-order valence-corrected chi connectivity index (χ1v) is 9.95. The van der Waals surface area contributed by atoms with Crippen LogP contribution in [0.5, 0.6) is 5.75 Å². The number of amides is 1. The number of benzene rings is 3. The molecule has 0 unspecified atom stereocenters. The molecule has 0 radical (unpaired) electrons. The average molecular weight is 468 g/mol. The van der Waals surface area contributed by atoms with Gasteiger partial charge in [-0.05, 0) is 59.7 Å². The lowest BCUT2D eigenvalue weighted by Gasteiger charge is -2.08. The van der Waals surface area contributed by atoms with E-state index >= 15 is 0 Å². The third-order valence-electron chi connectivity index (χ3n) is 4.27. The molecule has 0 saturated carbocycles. The molecule has 0 bridgehead atoms. The lowest BCUT2D eigenvalue weighted by atomic mass is 10.0. The number of halogens is 2. The first-order chi connectivity index (χ1) is 15.4. The van der Waals surface area contributed by atoms with E-state index in [1.54, 1.807) is 48.5 Å². The van der Waals surface area contributed by atoms with Crippen LogP contribution in [-0.2, 0) is 4.79 Å². The van der Waals surface area contributed by atoms with Gasteiger partial charge < -0.3 is 10.1 Å². The van der Waals surface area contributed by atoms with E-state index in [-0.39, 0.29) is 18.2 Å². The summed E-state index contributed by atoms with van der Waals surface area (Å²) in [6.07, 6.45) is 1.65. The minimum atomic E-state index is -0.497. The minimum absolute atomic E-state index is 0.0456. The Hall–Kier alpha value is -3.86. The quantitative estimate of drug-likeness (QED) is 0.199. The number of nitro groups is 1. The summed E-state index contributed by atoms with van der Waals surface area (Å²) < 4.78 is 5.48. The van der Waals surface area contributed by atoms with Crippen molar-refractivity contribution < 1.29 is 14.5 Å². The van der Waals surface area contributed by atoms with E-state index in [0.717, 1.165) is 5.56 Å². The average Bonchev–Trinajstić information content (AvgIpc) is 2.79. The van der Waals surface area contributed by atoms with Gasteiger partial charge >= 0.3 is 0 Å². The van der Waals surface area contributed by atoms with Gasteiger partial charge in [0.15, 0.2) is 6.61 Å². The molecular formula is C23H15Cl2N3O4. The van der Waals surface area contributed by atoms with Crippen LogP contribution in [-0.4, -0.2) is 17.4 Å². The lowest BCUT2D eigenvalue weighted by molar-refractivity contribution is -0.384. The summed E-state index contributed by atoms with van der Waals surface area (Å²) in [6.45, 7) is -0.207. The summed E-state index contributed by atoms with van der Waals surface area (Å²) in [4.78, 5) is 22.3. The Morgan fingerprint density at radius 1 is 1.06 bits per heavy atom. The van der Waals surface area contributed by atoms with Crippen LogP contribution < -0.4 is 10.1 Å². The second kappa shape index (κ2) is 10.4. The fourth-order valence-electron chi connectivity index (χ4n) is 2.69. The summed E-state index contributed by atoms with van der Waals surface area (Å²) in [5, 5.41) is 23.6. The number of non-ortho nitro benzene ring substituents is 1. The Morgan fingerprint density at radius 3 is 2.34 bits per heavy atom. The standard InChI is InChI=1S/C23H15Cl2N3O4/c24-21-10-5-18(12-22(21)25)27-23(29)14-32-20-8-1-15(2-9-20)11-17(13-26)16-3-6-19(7-4-16)28(30)31/h1-12H,14H2,(H,27,29)/b17-11+. The van der Waals surface area contributed by atoms with Gasteiger partial charge in [0.25, 0.3) is 11.6 Å². The Bertz CT molecular complexity index is 1220. The molecule has 7 nitrogen and oxygen atoms in total. The number of anilines is 1. The molecule has 0 aliphatic heterocycles. The van der Waals surface area contributed by atoms with Crippen molar-refractivity contribution in [1.82, 2.24) is 0 Å². The van der Waals surface area contributed by atoms with Crippen molar-refractivity contribution in [1.29, 1.82) is 5.26 Å². The third-order valence-corrected chi connectivity index (χ3v) is 5.01. The maximum absolute atomic E-state index is 12.1. The highest BCUT2D eigenvalue weighted by molar-refractivity contribution is 6.42. The number of nitriles is 1. The summed E-state index contributed by atoms with van der Waals surface area (Å²) in [6, 6.07) is 19.4. The Labute approximate surface area is 193 Å². The molecule has 0 spiro atoms. The number of ether oxygens (including phenoxy) is 1. The van der Waals surface area contributed by atoms with Crippen molar-refractivity contribution in [2.24, 2.45) is 0 Å². The van der Waals surface area contributed by atoms with E-state index < -0.39 is 4.92 Å². The zero-order chi connectivity index (χ0) is 23.1. The largest absolute Gasteiger partial charge is 0.484 e. The molecule has 1 N–H and O–H groups in total. The molecule has 160 valence electrons. The van der Waals surface area contributed by atoms with Gasteiger partial charge in [-0.1, -0.05) is 35.3 Å². The lowest BCUT2D eigenvalue weighted by Crippen LogP contribution is -2.20. The molecule has 0 aliphatic rings. The van der Waals surface area contributed by atoms with Gasteiger partial charge in [0.1, 0.15) is 5.75 Å². The van der Waals surface area contributed by atoms with Gasteiger partial charge in [-0.2, -0.15) is 5.26 Å². The third kappa shape index (κ3) is 6.08. The number of hydrogen-bond donors (Lipinski definition) is 1. The number of allylic oxidation sites excluding steroid dienone is 1. The normalized spacial score (nSPS) is 10.8. The molecule has 3 rings (SSSR count). The molecule has 0 aromatic heterocycles. The Kier molecular flexibility index (Phi) is 7.45. The number of hydrogen-bond acceptors (Lipinski definition) is 5. The number of carbonyl (C=O) groups is 1. The maximum atomic E-state index is 12.1. The highest BCUT2D eigenvalue weighted by atomic mass is 35.5. The number of nitro benzene ring substituents is 1. The van der Waals surface area contributed by atoms with Crippen molar-refractivity contribution >= 4 is 52.1 Å². The van der Waals surface area contributed by atoms with Crippen LogP contribution in [0.4, 0.5) is 11.4 Å². The molecule has 0 atom stereocenters. The summed E-state index contributed by atoms with van der Waals surface area (Å²) >= 11 is 11.8. The van der Waals surface area contributed by atoms with Gasteiger partial charge in [0.2, 0.25) is 0 Å². The fraction of sp³-hybridized carbons (Fsp3) is 0.0435. The van der Waals surface area contributed by atoms with Crippen LogP contribution in [0.15, 0.2) is 66.7 Å². The van der Waals surface area contributed by atoms with Gasteiger partial charge in [-0.25, -0.2) is 0 Å². The van der Waals surface area contributed by atoms with E-state index in [4.69, 9.17) is 27.9 Å². The first-order valence-electron chi connectivity index (χ1n) is 9.20. The van der Waals surface area contributed by atoms with Gasteiger partial charge in [-0.15, -0.1) is 0 Å². The molecule has 0 saturated heterocycles. The van der Waals surface area contributed by atoms with Crippen LogP contribution in [0.2, 0.25) is 10.0 Å². The fourth-order valence-corrected chi connectivity index (χ4v) is 2.99. The van der Waals surface area contributed by atoms with Crippen LogP contribution in [0, 0.1) is 21.4 Å². The predicted molar refractivity (Wildman–Crippen MR) is 124 cm³/mol. The van der Waals surface area contributed by atoms with Gasteiger partial charge in [0, 0.05) is 17.8 Å². The Morgan fingerprint density at radius 2 is 1.75 bits per heavy atom. The summed E-state index contributed by atoms with van der Waals surface area (Å²) in [5.74, 6) is 0.109. The van der Waals surface area contributed by atoms with Crippen LogP contribution in [0.3, 0.4) is 0 Å². The molecule has 3 aromatic carbocycles. The number of rotatable bonds is 7. The molecule has 0 fully saturated rings. The second-order valence-electron chi connectivity index (χ2n) is 6.51. The summed E-state index contributed by atoms with van der Waals surface area (Å²) in [7, 11) is 0. The molecule has 1 amide bonds. The number of nitrogens with one attached hydrogen (secondary N) is 1. The van der Waals surface area contributed by atoms with Crippen LogP contribution in [0.25, 0.3) is 11.6 Å². The zero-order valence-corrected chi connectivity index (χ0v) is 17.9. The molecule has 9 heteroatoms. The molecule has 3 aromatic rings. The highest BCUT2D eigenvalue weighted by Crippen LogP contribution is 2.25. The van der Waals surface area contributed by atoms with Crippen molar-refractivity contribution in [3.63, 3.8) is 0 Å². The first kappa shape index (κ1) is 22.8. The van der Waals surface area contributed by atoms with E-state index in [1.165, 1.54) is 24.3 Å². The number of carbonyl (C=O) groups excluding carboxylic acids is 1. The van der Waals surface area contributed by atoms with E-state index in [0.29, 0.717) is 32.6 Å². The van der Waals surface area contributed by atoms with Gasteiger partial charge in [-0.3, -0.25) is 14.9 Å². The topological polar surface area (TPSA) is 105 Å². The predicted octanol–water partition coefficient (Wildman–Crippen LogP) is 5.98. The van der Waals surface area contributed by atoms with E-state index in [2.05, 4.69) is 11.4 Å². The SMILES string of the molecule is N#C/C(=C\c1ccc(OCC(=O)Nc2ccc(Cl)c(Cl)c2)cc1)c1ccc([N+](=O)[O-])cc1. The Balaban J connectivity index is 1.61. The van der Waals surface area contributed by atoms with E-state index in [9.17, 15) is 20.2 Å². The van der Waals surface area contributed by atoms with Gasteiger partial charge in [0.05, 0.1) is 26.6 Å². The van der Waals surface area contributed by atoms with Crippen molar-refractivity contribution in [3.05, 3.63) is 98.0 Å².